The van der Waals surface area contributed by atoms with Gasteiger partial charge in [-0.25, -0.2) is 24.5 Å². The number of hydrogen-bond acceptors (Lipinski definition) is 4. The summed E-state index contributed by atoms with van der Waals surface area (Å²) in [5, 5.41) is 9.43. The molecular formula is C24H11FN4O. The lowest BCUT2D eigenvalue weighted by Gasteiger charge is -2.08. The molecule has 5 nitrogen and oxygen atoms in total. The summed E-state index contributed by atoms with van der Waals surface area (Å²) in [6.45, 7) is 7.37. The van der Waals surface area contributed by atoms with Crippen molar-refractivity contribution in [2.45, 2.75) is 0 Å². The summed E-state index contributed by atoms with van der Waals surface area (Å²) in [5.41, 5.74) is 4.51. The molecule has 0 aliphatic heterocycles. The van der Waals surface area contributed by atoms with Crippen LogP contribution in [0.25, 0.3) is 32.7 Å². The summed E-state index contributed by atoms with van der Waals surface area (Å²) in [7, 11) is 0. The van der Waals surface area contributed by atoms with E-state index in [9.17, 15) is 9.65 Å². The number of aromatic nitrogens is 2. The van der Waals surface area contributed by atoms with Crippen LogP contribution in [0.1, 0.15) is 11.3 Å². The minimum Gasteiger partial charge on any atom is -0.457 e. The molecule has 0 atom stereocenters. The Labute approximate surface area is 171 Å². The quantitative estimate of drug-likeness (QED) is 0.285. The summed E-state index contributed by atoms with van der Waals surface area (Å²) >= 11 is 0. The molecule has 0 unspecified atom stereocenters. The summed E-state index contributed by atoms with van der Waals surface area (Å²) in [6.07, 6.45) is 0. The van der Waals surface area contributed by atoms with Gasteiger partial charge in [-0.3, -0.25) is 0 Å². The Bertz CT molecular complexity index is 1430. The lowest BCUT2D eigenvalue weighted by atomic mass is 10.0. The van der Waals surface area contributed by atoms with E-state index in [2.05, 4.69) is 4.85 Å². The van der Waals surface area contributed by atoms with E-state index in [1.807, 2.05) is 30.3 Å². The predicted octanol–water partition coefficient (Wildman–Crippen LogP) is 5.74. The third-order valence-electron chi connectivity index (χ3n) is 4.83. The molecular weight excluding hydrogens is 379 g/mol. The average molecular weight is 390 g/mol. The second kappa shape index (κ2) is 6.80. The number of fused-ring (bicyclic) bond motifs is 4. The molecule has 1 aromatic heterocycles. The molecule has 1 aliphatic rings. The van der Waals surface area contributed by atoms with E-state index >= 15 is 0 Å². The fourth-order valence-corrected chi connectivity index (χ4v) is 3.51. The van der Waals surface area contributed by atoms with Gasteiger partial charge in [0, 0.05) is 17.2 Å². The predicted molar refractivity (Wildman–Crippen MR) is 110 cm³/mol. The molecule has 5 rings (SSSR count). The highest BCUT2D eigenvalue weighted by molar-refractivity contribution is 6.02. The van der Waals surface area contributed by atoms with Crippen LogP contribution < -0.4 is 4.74 Å². The molecule has 1 aliphatic carbocycles. The molecule has 0 fully saturated rings. The van der Waals surface area contributed by atoms with E-state index in [4.69, 9.17) is 21.3 Å². The maximum atomic E-state index is 13.1. The summed E-state index contributed by atoms with van der Waals surface area (Å²) in [6, 6.07) is 20.5. The normalized spacial score (nSPS) is 13.2. The summed E-state index contributed by atoms with van der Waals surface area (Å²) in [4.78, 5) is 12.9. The summed E-state index contributed by atoms with van der Waals surface area (Å²) < 4.78 is 18.9. The third-order valence-corrected chi connectivity index (χ3v) is 4.83. The van der Waals surface area contributed by atoms with Crippen molar-refractivity contribution in [1.29, 1.82) is 5.26 Å². The second-order valence-electron chi connectivity index (χ2n) is 6.62. The molecule has 0 amide bonds. The van der Waals surface area contributed by atoms with Gasteiger partial charge in [0.15, 0.2) is 0 Å². The fraction of sp³-hybridized carbons (Fsp3) is 0. The first-order valence-electron chi connectivity index (χ1n) is 9.05. The number of benzene rings is 3. The van der Waals surface area contributed by atoms with Crippen molar-refractivity contribution < 1.29 is 9.13 Å². The van der Waals surface area contributed by atoms with Gasteiger partial charge in [0.1, 0.15) is 17.3 Å². The molecule has 3 aromatic carbocycles. The minimum atomic E-state index is -0.332. The van der Waals surface area contributed by atoms with E-state index in [0.29, 0.717) is 39.5 Å². The Balaban J connectivity index is 1.67. The third kappa shape index (κ3) is 2.76. The molecule has 30 heavy (non-hydrogen) atoms. The van der Waals surface area contributed by atoms with Gasteiger partial charge >= 0.3 is 0 Å². The molecule has 0 radical (unpaired) electrons. The zero-order chi connectivity index (χ0) is 20.7. The van der Waals surface area contributed by atoms with Crippen LogP contribution in [0, 0.1) is 23.7 Å². The fourth-order valence-electron chi connectivity index (χ4n) is 3.51. The molecule has 0 bridgehead atoms. The maximum Gasteiger partial charge on any atom is 0.271 e. The van der Waals surface area contributed by atoms with E-state index in [1.165, 1.54) is 12.1 Å². The highest BCUT2D eigenvalue weighted by Crippen LogP contribution is 2.44. The molecule has 0 saturated carbocycles. The van der Waals surface area contributed by atoms with Gasteiger partial charge in [0.05, 0.1) is 35.1 Å². The first-order valence-corrected chi connectivity index (χ1v) is 9.05. The number of ether oxygens (including phenoxy) is 1. The zero-order valence-corrected chi connectivity index (χ0v) is 15.4. The number of hydrogen-bond donors (Lipinski definition) is 0. The van der Waals surface area contributed by atoms with E-state index in [-0.39, 0.29) is 11.5 Å². The minimum absolute atomic E-state index is 0.00823. The first kappa shape index (κ1) is 17.5. The maximum absolute atomic E-state index is 13.1. The second-order valence-corrected chi connectivity index (χ2v) is 6.62. The topological polar surface area (TPSA) is 63.2 Å². The van der Waals surface area contributed by atoms with Crippen LogP contribution >= 0.6 is 0 Å². The average Bonchev–Trinajstić information content (AvgIpc) is 3.08. The number of allylic oxidation sites excluding steroid dienone is 1. The van der Waals surface area contributed by atoms with Gasteiger partial charge in [-0.05, 0) is 42.0 Å². The van der Waals surface area contributed by atoms with E-state index < -0.39 is 0 Å². The summed E-state index contributed by atoms with van der Waals surface area (Å²) in [5.74, 6) is 0.724. The molecule has 1 heterocycles. The van der Waals surface area contributed by atoms with E-state index in [0.717, 1.165) is 11.1 Å². The SMILES string of the molecule is [C-]#[N+]C(C#N)=C1c2ccccc2-c2nc3cc(Oc4ccc(F)cc4)ccc3nc21. The lowest BCUT2D eigenvalue weighted by molar-refractivity contribution is 0.481. The van der Waals surface area contributed by atoms with Crippen molar-refractivity contribution in [3.63, 3.8) is 0 Å². The molecule has 140 valence electrons. The van der Waals surface area contributed by atoms with Gasteiger partial charge in [0.25, 0.3) is 5.70 Å². The van der Waals surface area contributed by atoms with Crippen LogP contribution in [-0.4, -0.2) is 9.97 Å². The van der Waals surface area contributed by atoms with Crippen molar-refractivity contribution >= 4 is 16.6 Å². The van der Waals surface area contributed by atoms with Gasteiger partial charge in [-0.1, -0.05) is 24.3 Å². The number of nitrogens with zero attached hydrogens (tertiary/aromatic N) is 4. The Morgan fingerprint density at radius 3 is 2.33 bits per heavy atom. The van der Waals surface area contributed by atoms with Crippen molar-refractivity contribution in [2.24, 2.45) is 0 Å². The first-order chi connectivity index (χ1) is 14.7. The van der Waals surface area contributed by atoms with Gasteiger partial charge < -0.3 is 4.74 Å². The zero-order valence-electron chi connectivity index (χ0n) is 15.4. The standard InChI is InChI=1S/C24H11FN4O/c1-27-21(13-26)22-17-4-2-3-5-18(17)23-24(22)28-19-11-10-16(12-20(19)29-23)30-15-8-6-14(25)7-9-15/h2-12H. The Hall–Kier alpha value is -4.55. The van der Waals surface area contributed by atoms with E-state index in [1.54, 1.807) is 30.3 Å². The molecule has 4 aromatic rings. The number of rotatable bonds is 2. The van der Waals surface area contributed by atoms with Crippen molar-refractivity contribution in [3.8, 4) is 28.8 Å². The van der Waals surface area contributed by atoms with Crippen molar-refractivity contribution in [1.82, 2.24) is 9.97 Å². The van der Waals surface area contributed by atoms with Gasteiger partial charge in [0.2, 0.25) is 0 Å². The molecule has 6 heteroatoms. The van der Waals surface area contributed by atoms with Crippen LogP contribution in [0.3, 0.4) is 0 Å². The molecule has 0 spiro atoms. The van der Waals surface area contributed by atoms with Gasteiger partial charge in [-0.15, -0.1) is 0 Å². The highest BCUT2D eigenvalue weighted by atomic mass is 19.1. The van der Waals surface area contributed by atoms with Crippen LogP contribution in [0.2, 0.25) is 0 Å². The van der Waals surface area contributed by atoms with Crippen LogP contribution in [0.15, 0.2) is 72.4 Å². The van der Waals surface area contributed by atoms with Crippen LogP contribution in [0.5, 0.6) is 11.5 Å². The number of nitriles is 1. The van der Waals surface area contributed by atoms with Crippen molar-refractivity contribution in [2.75, 3.05) is 0 Å². The van der Waals surface area contributed by atoms with Crippen LogP contribution in [0.4, 0.5) is 4.39 Å². The Kier molecular flexibility index (Phi) is 3.98. The highest BCUT2D eigenvalue weighted by Gasteiger charge is 2.29. The lowest BCUT2D eigenvalue weighted by Crippen LogP contribution is -1.94. The molecule has 0 N–H and O–H groups in total. The monoisotopic (exact) mass is 390 g/mol. The van der Waals surface area contributed by atoms with Gasteiger partial charge in [-0.2, -0.15) is 0 Å². The van der Waals surface area contributed by atoms with Crippen molar-refractivity contribution in [3.05, 3.63) is 101 Å². The largest absolute Gasteiger partial charge is 0.457 e. The van der Waals surface area contributed by atoms with Crippen LogP contribution in [-0.2, 0) is 0 Å². The smallest absolute Gasteiger partial charge is 0.271 e. The Morgan fingerprint density at radius 2 is 1.60 bits per heavy atom. The number of halogens is 1. The molecule has 0 saturated heterocycles. The Morgan fingerprint density at radius 1 is 0.900 bits per heavy atom.